The summed E-state index contributed by atoms with van der Waals surface area (Å²) in [6.07, 6.45) is 5.11. The van der Waals surface area contributed by atoms with Crippen LogP contribution in [0.4, 0.5) is 0 Å². The molecule has 0 radical (unpaired) electrons. The number of hydrogen-bond acceptors (Lipinski definition) is 4. The molecular formula is C10H18N4O2. The average Bonchev–Trinajstić information content (AvgIpc) is 2.78. The van der Waals surface area contributed by atoms with E-state index in [0.717, 1.165) is 6.42 Å². The quantitative estimate of drug-likeness (QED) is 0.683. The number of aryl methyl sites for hydroxylation is 1. The highest BCUT2D eigenvalue weighted by atomic mass is 16.3. The maximum absolute atomic E-state index is 11.5. The lowest BCUT2D eigenvalue weighted by molar-refractivity contribution is -0.122. The highest BCUT2D eigenvalue weighted by Gasteiger charge is 2.09. The number of amides is 1. The van der Waals surface area contributed by atoms with Crippen LogP contribution in [0.5, 0.6) is 0 Å². The molecule has 1 unspecified atom stereocenters. The fraction of sp³-hybridized carbons (Fsp3) is 0.700. The Morgan fingerprint density at radius 2 is 2.44 bits per heavy atom. The molecule has 0 bridgehead atoms. The lowest BCUT2D eigenvalue weighted by Gasteiger charge is -2.15. The van der Waals surface area contributed by atoms with Crippen molar-refractivity contribution in [3.63, 3.8) is 0 Å². The summed E-state index contributed by atoms with van der Waals surface area (Å²) in [4.78, 5) is 11.5. The van der Waals surface area contributed by atoms with Crippen molar-refractivity contribution in [3.05, 3.63) is 12.4 Å². The molecule has 1 aromatic heterocycles. The number of aliphatic hydroxyl groups is 1. The Morgan fingerprint density at radius 3 is 3.00 bits per heavy atom. The zero-order valence-electron chi connectivity index (χ0n) is 9.46. The van der Waals surface area contributed by atoms with E-state index in [1.165, 1.54) is 0 Å². The van der Waals surface area contributed by atoms with Gasteiger partial charge in [0.15, 0.2) is 0 Å². The van der Waals surface area contributed by atoms with Crippen LogP contribution in [0.25, 0.3) is 0 Å². The van der Waals surface area contributed by atoms with Gasteiger partial charge in [0.1, 0.15) is 0 Å². The molecule has 0 aliphatic carbocycles. The standard InChI is InChI=1S/C10H18N4O2/c1-2-9(4-8-15)12-10(16)3-6-14-7-5-11-13-14/h5,7,9,15H,2-4,6,8H2,1H3,(H,12,16). The highest BCUT2D eigenvalue weighted by Crippen LogP contribution is 1.97. The summed E-state index contributed by atoms with van der Waals surface area (Å²) < 4.78 is 1.62. The fourth-order valence-electron chi connectivity index (χ4n) is 1.40. The topological polar surface area (TPSA) is 80.0 Å². The maximum atomic E-state index is 11.5. The van der Waals surface area contributed by atoms with Crippen LogP contribution in [0, 0.1) is 0 Å². The largest absolute Gasteiger partial charge is 0.396 e. The second-order valence-electron chi connectivity index (χ2n) is 3.60. The Bertz CT molecular complexity index is 300. The van der Waals surface area contributed by atoms with Crippen molar-refractivity contribution in [2.75, 3.05) is 6.61 Å². The first kappa shape index (κ1) is 12.6. The number of carbonyl (C=O) groups excluding carboxylic acids is 1. The molecule has 0 spiro atoms. The second-order valence-corrected chi connectivity index (χ2v) is 3.60. The Morgan fingerprint density at radius 1 is 1.62 bits per heavy atom. The van der Waals surface area contributed by atoms with Gasteiger partial charge in [-0.2, -0.15) is 0 Å². The molecule has 6 heteroatoms. The zero-order valence-corrected chi connectivity index (χ0v) is 9.46. The van der Waals surface area contributed by atoms with Crippen LogP contribution in [-0.4, -0.2) is 38.7 Å². The van der Waals surface area contributed by atoms with Crippen LogP contribution in [-0.2, 0) is 11.3 Å². The fourth-order valence-corrected chi connectivity index (χ4v) is 1.40. The van der Waals surface area contributed by atoms with Gasteiger partial charge in [-0.25, -0.2) is 0 Å². The molecule has 0 saturated carbocycles. The molecule has 6 nitrogen and oxygen atoms in total. The smallest absolute Gasteiger partial charge is 0.222 e. The van der Waals surface area contributed by atoms with Crippen LogP contribution in [0.3, 0.4) is 0 Å². The van der Waals surface area contributed by atoms with Gasteiger partial charge in [0.25, 0.3) is 0 Å². The van der Waals surface area contributed by atoms with E-state index in [1.807, 2.05) is 6.92 Å². The van der Waals surface area contributed by atoms with Gasteiger partial charge < -0.3 is 10.4 Å². The van der Waals surface area contributed by atoms with Gasteiger partial charge in [0.2, 0.25) is 5.91 Å². The minimum atomic E-state index is -0.0178. The SMILES string of the molecule is CCC(CCO)NC(=O)CCn1ccnn1. The molecule has 0 aliphatic rings. The van der Waals surface area contributed by atoms with E-state index in [9.17, 15) is 4.79 Å². The van der Waals surface area contributed by atoms with E-state index >= 15 is 0 Å². The van der Waals surface area contributed by atoms with E-state index in [0.29, 0.717) is 19.4 Å². The zero-order chi connectivity index (χ0) is 11.8. The van der Waals surface area contributed by atoms with E-state index in [4.69, 9.17) is 5.11 Å². The Hall–Kier alpha value is -1.43. The van der Waals surface area contributed by atoms with E-state index < -0.39 is 0 Å². The molecule has 0 aliphatic heterocycles. The number of hydrogen-bond donors (Lipinski definition) is 2. The summed E-state index contributed by atoms with van der Waals surface area (Å²) >= 11 is 0. The number of aromatic nitrogens is 3. The summed E-state index contributed by atoms with van der Waals surface area (Å²) in [5, 5.41) is 19.1. The van der Waals surface area contributed by atoms with Crippen molar-refractivity contribution in [3.8, 4) is 0 Å². The van der Waals surface area contributed by atoms with Crippen molar-refractivity contribution < 1.29 is 9.90 Å². The minimum absolute atomic E-state index is 0.0178. The maximum Gasteiger partial charge on any atom is 0.222 e. The molecule has 0 fully saturated rings. The van der Waals surface area contributed by atoms with Crippen LogP contribution in [0.15, 0.2) is 12.4 Å². The van der Waals surface area contributed by atoms with Gasteiger partial charge in [-0.05, 0) is 12.8 Å². The molecule has 1 rings (SSSR count). The van der Waals surface area contributed by atoms with Gasteiger partial charge in [0, 0.05) is 25.3 Å². The predicted molar refractivity (Wildman–Crippen MR) is 58.6 cm³/mol. The monoisotopic (exact) mass is 226 g/mol. The first-order chi connectivity index (χ1) is 7.76. The van der Waals surface area contributed by atoms with Gasteiger partial charge >= 0.3 is 0 Å². The lowest BCUT2D eigenvalue weighted by Crippen LogP contribution is -2.35. The average molecular weight is 226 g/mol. The van der Waals surface area contributed by atoms with Crippen molar-refractivity contribution in [1.29, 1.82) is 0 Å². The van der Waals surface area contributed by atoms with Crippen molar-refractivity contribution in [2.24, 2.45) is 0 Å². The number of nitrogens with one attached hydrogen (secondary N) is 1. The van der Waals surface area contributed by atoms with Gasteiger partial charge in [-0.3, -0.25) is 9.48 Å². The van der Waals surface area contributed by atoms with Crippen LogP contribution < -0.4 is 5.32 Å². The lowest BCUT2D eigenvalue weighted by atomic mass is 10.1. The third-order valence-corrected chi connectivity index (χ3v) is 2.38. The Labute approximate surface area is 94.7 Å². The van der Waals surface area contributed by atoms with Crippen LogP contribution in [0.2, 0.25) is 0 Å². The molecule has 0 aromatic carbocycles. The Balaban J connectivity index is 2.24. The number of carbonyl (C=O) groups is 1. The van der Waals surface area contributed by atoms with E-state index in [2.05, 4.69) is 15.6 Å². The predicted octanol–water partition coefficient (Wildman–Crippen LogP) is -0.0546. The van der Waals surface area contributed by atoms with Gasteiger partial charge in [-0.15, -0.1) is 5.10 Å². The highest BCUT2D eigenvalue weighted by molar-refractivity contribution is 5.76. The number of aliphatic hydroxyl groups excluding tert-OH is 1. The summed E-state index contributed by atoms with van der Waals surface area (Å²) in [5.74, 6) is -0.0178. The van der Waals surface area contributed by atoms with Crippen molar-refractivity contribution in [2.45, 2.75) is 38.8 Å². The summed E-state index contributed by atoms with van der Waals surface area (Å²) in [5.41, 5.74) is 0. The Kier molecular flexibility index (Phi) is 5.49. The van der Waals surface area contributed by atoms with Gasteiger partial charge in [0.05, 0.1) is 12.7 Å². The van der Waals surface area contributed by atoms with E-state index in [-0.39, 0.29) is 18.6 Å². The summed E-state index contributed by atoms with van der Waals surface area (Å²) in [6.45, 7) is 2.61. The summed E-state index contributed by atoms with van der Waals surface area (Å²) in [7, 11) is 0. The van der Waals surface area contributed by atoms with Crippen LogP contribution >= 0.6 is 0 Å². The second kappa shape index (κ2) is 6.95. The van der Waals surface area contributed by atoms with Crippen molar-refractivity contribution in [1.82, 2.24) is 20.3 Å². The third-order valence-electron chi connectivity index (χ3n) is 2.38. The molecule has 90 valence electrons. The molecule has 1 heterocycles. The van der Waals surface area contributed by atoms with Crippen molar-refractivity contribution >= 4 is 5.91 Å². The number of nitrogens with zero attached hydrogens (tertiary/aromatic N) is 3. The molecule has 1 aromatic rings. The molecule has 1 amide bonds. The molecule has 0 saturated heterocycles. The van der Waals surface area contributed by atoms with Crippen LogP contribution in [0.1, 0.15) is 26.2 Å². The first-order valence-electron chi connectivity index (χ1n) is 5.50. The normalized spacial score (nSPS) is 12.4. The first-order valence-corrected chi connectivity index (χ1v) is 5.50. The molecular weight excluding hydrogens is 208 g/mol. The summed E-state index contributed by atoms with van der Waals surface area (Å²) in [6, 6.07) is 0.0632. The minimum Gasteiger partial charge on any atom is -0.396 e. The van der Waals surface area contributed by atoms with E-state index in [1.54, 1.807) is 17.1 Å². The number of rotatable bonds is 7. The molecule has 1 atom stereocenters. The third kappa shape index (κ3) is 4.39. The molecule has 16 heavy (non-hydrogen) atoms. The molecule has 2 N–H and O–H groups in total. The van der Waals surface area contributed by atoms with Gasteiger partial charge in [-0.1, -0.05) is 12.1 Å².